The summed E-state index contributed by atoms with van der Waals surface area (Å²) in [4.78, 5) is 16.3. The van der Waals surface area contributed by atoms with E-state index in [9.17, 15) is 4.79 Å². The molecule has 4 aromatic rings. The minimum atomic E-state index is -0.247. The number of benzene rings is 2. The third-order valence-electron chi connectivity index (χ3n) is 4.19. The van der Waals surface area contributed by atoms with E-state index < -0.39 is 0 Å². The molecule has 1 amide bonds. The molecule has 0 saturated carbocycles. The minimum Gasteiger partial charge on any atom is -0.272 e. The molecule has 7 nitrogen and oxygen atoms in total. The monoisotopic (exact) mass is 448 g/mol. The smallest absolute Gasteiger partial charge is 0.250 e. The quantitative estimate of drug-likeness (QED) is 0.260. The minimum absolute atomic E-state index is 0.138. The number of hydrogen-bond acceptors (Lipinski definition) is 6. The standard InChI is InChI=1S/C22H17ClN6OS/c23-18-8-6-16(7-9-18)14-25-26-20(30)15-31-22-28-27-21(17-10-12-24-13-11-17)29(22)19-4-2-1-3-5-19/h1-14H,15H2,(H,26,30)/b25-14+. The van der Waals surface area contributed by atoms with Gasteiger partial charge < -0.3 is 0 Å². The van der Waals surface area contributed by atoms with Gasteiger partial charge in [0.2, 0.25) is 0 Å². The number of amides is 1. The SMILES string of the molecule is O=C(CSc1nnc(-c2ccncc2)n1-c1ccccc1)N/N=C/c1ccc(Cl)cc1. The molecular formula is C22H17ClN6OS. The highest BCUT2D eigenvalue weighted by atomic mass is 35.5. The van der Waals surface area contributed by atoms with E-state index in [-0.39, 0.29) is 11.7 Å². The molecule has 0 aliphatic heterocycles. The van der Waals surface area contributed by atoms with Crippen molar-refractivity contribution < 1.29 is 4.79 Å². The molecule has 0 unspecified atom stereocenters. The van der Waals surface area contributed by atoms with Crippen LogP contribution in [0, 0.1) is 0 Å². The molecule has 0 saturated heterocycles. The normalized spacial score (nSPS) is 11.0. The Kier molecular flexibility index (Phi) is 6.71. The van der Waals surface area contributed by atoms with Crippen LogP contribution >= 0.6 is 23.4 Å². The number of aromatic nitrogens is 4. The lowest BCUT2D eigenvalue weighted by atomic mass is 10.2. The van der Waals surface area contributed by atoms with Crippen molar-refractivity contribution in [3.63, 3.8) is 0 Å². The highest BCUT2D eigenvalue weighted by molar-refractivity contribution is 7.99. The van der Waals surface area contributed by atoms with E-state index in [0.717, 1.165) is 16.8 Å². The Bertz CT molecular complexity index is 1180. The highest BCUT2D eigenvalue weighted by Crippen LogP contribution is 2.27. The third kappa shape index (κ3) is 5.36. The van der Waals surface area contributed by atoms with Crippen LogP contribution < -0.4 is 5.43 Å². The second-order valence-corrected chi connectivity index (χ2v) is 7.73. The molecule has 0 bridgehead atoms. The average Bonchev–Trinajstić information content (AvgIpc) is 3.24. The molecule has 4 rings (SSSR count). The van der Waals surface area contributed by atoms with Gasteiger partial charge in [0.25, 0.3) is 5.91 Å². The van der Waals surface area contributed by atoms with Crippen LogP contribution in [0.5, 0.6) is 0 Å². The lowest BCUT2D eigenvalue weighted by Crippen LogP contribution is -2.20. The maximum atomic E-state index is 12.3. The fourth-order valence-corrected chi connectivity index (χ4v) is 3.62. The maximum Gasteiger partial charge on any atom is 0.250 e. The molecule has 1 N–H and O–H groups in total. The first-order valence-electron chi connectivity index (χ1n) is 9.32. The van der Waals surface area contributed by atoms with Gasteiger partial charge in [0.05, 0.1) is 12.0 Å². The predicted octanol–water partition coefficient (Wildman–Crippen LogP) is 4.23. The molecule has 154 valence electrons. The number of carbonyl (C=O) groups is 1. The number of hydrogen-bond donors (Lipinski definition) is 1. The molecule has 31 heavy (non-hydrogen) atoms. The Hall–Kier alpha value is -3.49. The average molecular weight is 449 g/mol. The Morgan fingerprint density at radius 1 is 1.03 bits per heavy atom. The number of nitrogens with zero attached hydrogens (tertiary/aromatic N) is 5. The number of thioether (sulfide) groups is 1. The van der Waals surface area contributed by atoms with E-state index in [1.54, 1.807) is 30.7 Å². The van der Waals surface area contributed by atoms with E-state index in [2.05, 4.69) is 25.7 Å². The largest absolute Gasteiger partial charge is 0.272 e. The lowest BCUT2D eigenvalue weighted by Gasteiger charge is -2.10. The summed E-state index contributed by atoms with van der Waals surface area (Å²) < 4.78 is 1.92. The first-order valence-corrected chi connectivity index (χ1v) is 10.7. The van der Waals surface area contributed by atoms with Crippen molar-refractivity contribution in [3.05, 3.63) is 89.7 Å². The van der Waals surface area contributed by atoms with Gasteiger partial charge in [0, 0.05) is 28.7 Å². The molecule has 2 aromatic heterocycles. The Balaban J connectivity index is 1.47. The van der Waals surface area contributed by atoms with Gasteiger partial charge >= 0.3 is 0 Å². The van der Waals surface area contributed by atoms with Crippen LogP contribution in [0.4, 0.5) is 0 Å². The lowest BCUT2D eigenvalue weighted by molar-refractivity contribution is -0.118. The number of rotatable bonds is 7. The van der Waals surface area contributed by atoms with E-state index in [1.165, 1.54) is 11.8 Å². The molecule has 0 spiro atoms. The first-order chi connectivity index (χ1) is 15.2. The van der Waals surface area contributed by atoms with Crippen LogP contribution in [-0.2, 0) is 4.79 Å². The number of halogens is 1. The van der Waals surface area contributed by atoms with Crippen LogP contribution in [0.15, 0.2) is 89.4 Å². The fourth-order valence-electron chi connectivity index (χ4n) is 2.75. The van der Waals surface area contributed by atoms with Crippen molar-refractivity contribution >= 4 is 35.5 Å². The summed E-state index contributed by atoms with van der Waals surface area (Å²) in [5.41, 5.74) is 5.15. The van der Waals surface area contributed by atoms with Crippen LogP contribution in [0.1, 0.15) is 5.56 Å². The molecule has 2 heterocycles. The van der Waals surface area contributed by atoms with Gasteiger partial charge in [-0.25, -0.2) is 5.43 Å². The van der Waals surface area contributed by atoms with Crippen molar-refractivity contribution in [3.8, 4) is 17.1 Å². The number of carbonyl (C=O) groups excluding carboxylic acids is 1. The summed E-state index contributed by atoms with van der Waals surface area (Å²) in [6, 6.07) is 20.7. The number of para-hydroxylation sites is 1. The van der Waals surface area contributed by atoms with Crippen molar-refractivity contribution in [1.82, 2.24) is 25.2 Å². The summed E-state index contributed by atoms with van der Waals surface area (Å²) in [5, 5.41) is 13.9. The molecule has 0 radical (unpaired) electrons. The zero-order chi connectivity index (χ0) is 21.5. The molecule has 0 atom stereocenters. The van der Waals surface area contributed by atoms with Gasteiger partial charge in [-0.2, -0.15) is 5.10 Å². The van der Waals surface area contributed by atoms with Gasteiger partial charge in [0.1, 0.15) is 0 Å². The maximum absolute atomic E-state index is 12.3. The molecule has 2 aromatic carbocycles. The van der Waals surface area contributed by atoms with E-state index in [4.69, 9.17) is 11.6 Å². The third-order valence-corrected chi connectivity index (χ3v) is 5.37. The highest BCUT2D eigenvalue weighted by Gasteiger charge is 2.17. The van der Waals surface area contributed by atoms with Crippen LogP contribution in [-0.4, -0.2) is 37.6 Å². The van der Waals surface area contributed by atoms with Gasteiger partial charge in [-0.1, -0.05) is 53.7 Å². The zero-order valence-corrected chi connectivity index (χ0v) is 17.8. The van der Waals surface area contributed by atoms with Crippen LogP contribution in [0.2, 0.25) is 5.02 Å². The molecule has 0 aliphatic rings. The van der Waals surface area contributed by atoms with Crippen molar-refractivity contribution in [2.24, 2.45) is 5.10 Å². The van der Waals surface area contributed by atoms with E-state index in [0.29, 0.717) is 16.0 Å². The predicted molar refractivity (Wildman–Crippen MR) is 123 cm³/mol. The molecule has 0 fully saturated rings. The van der Waals surface area contributed by atoms with Gasteiger partial charge in [-0.15, -0.1) is 10.2 Å². The van der Waals surface area contributed by atoms with Crippen molar-refractivity contribution in [2.45, 2.75) is 5.16 Å². The Labute approximate surface area is 188 Å². The first kappa shape index (κ1) is 20.8. The van der Waals surface area contributed by atoms with Crippen molar-refractivity contribution in [1.29, 1.82) is 0 Å². The second kappa shape index (κ2) is 10.0. The summed E-state index contributed by atoms with van der Waals surface area (Å²) in [7, 11) is 0. The Morgan fingerprint density at radius 3 is 2.52 bits per heavy atom. The summed E-state index contributed by atoms with van der Waals surface area (Å²) >= 11 is 7.14. The molecule has 9 heteroatoms. The zero-order valence-electron chi connectivity index (χ0n) is 16.2. The van der Waals surface area contributed by atoms with E-state index in [1.807, 2.05) is 59.2 Å². The topological polar surface area (TPSA) is 85.1 Å². The summed E-state index contributed by atoms with van der Waals surface area (Å²) in [6.07, 6.45) is 4.98. The summed E-state index contributed by atoms with van der Waals surface area (Å²) in [5.74, 6) is 0.569. The van der Waals surface area contributed by atoms with Crippen LogP contribution in [0.25, 0.3) is 17.1 Å². The Morgan fingerprint density at radius 2 is 1.77 bits per heavy atom. The number of pyridine rings is 1. The molecule has 0 aliphatic carbocycles. The number of nitrogens with one attached hydrogen (secondary N) is 1. The van der Waals surface area contributed by atoms with Gasteiger partial charge in [0.15, 0.2) is 11.0 Å². The van der Waals surface area contributed by atoms with Gasteiger partial charge in [-0.3, -0.25) is 14.3 Å². The van der Waals surface area contributed by atoms with Crippen LogP contribution in [0.3, 0.4) is 0 Å². The number of hydrazone groups is 1. The molecular weight excluding hydrogens is 432 g/mol. The van der Waals surface area contributed by atoms with Crippen molar-refractivity contribution in [2.75, 3.05) is 5.75 Å². The summed E-state index contributed by atoms with van der Waals surface area (Å²) in [6.45, 7) is 0. The second-order valence-electron chi connectivity index (χ2n) is 6.35. The fraction of sp³-hybridized carbons (Fsp3) is 0.0455. The van der Waals surface area contributed by atoms with Gasteiger partial charge in [-0.05, 0) is 42.0 Å². The van der Waals surface area contributed by atoms with E-state index >= 15 is 0 Å².